The van der Waals surface area contributed by atoms with Gasteiger partial charge in [0, 0.05) is 45.7 Å². The Morgan fingerprint density at radius 3 is 2.00 bits per heavy atom. The van der Waals surface area contributed by atoms with Crippen LogP contribution in [0, 0.1) is 0 Å². The quantitative estimate of drug-likeness (QED) is 0.138. The van der Waals surface area contributed by atoms with Crippen molar-refractivity contribution in [1.29, 1.82) is 0 Å². The monoisotopic (exact) mass is 761 g/mol. The molecule has 0 aromatic heterocycles. The molecule has 0 bridgehead atoms. The van der Waals surface area contributed by atoms with Crippen LogP contribution < -0.4 is 23.8 Å². The fourth-order valence-corrected chi connectivity index (χ4v) is 7.38. The predicted molar refractivity (Wildman–Crippen MR) is 196 cm³/mol. The van der Waals surface area contributed by atoms with Gasteiger partial charge in [0.1, 0.15) is 18.3 Å². The van der Waals surface area contributed by atoms with Crippen molar-refractivity contribution in [3.05, 3.63) is 111 Å². The number of nitrogens with zero attached hydrogens (tertiary/aromatic N) is 2. The zero-order valence-electron chi connectivity index (χ0n) is 28.2. The first kappa shape index (κ1) is 38.6. The number of amides is 2. The first-order chi connectivity index (χ1) is 23.8. The van der Waals surface area contributed by atoms with Crippen molar-refractivity contribution in [2.24, 2.45) is 0 Å². The number of sulfonamides is 1. The van der Waals surface area contributed by atoms with E-state index < -0.39 is 34.4 Å². The Kier molecular flexibility index (Phi) is 13.3. The maximum absolute atomic E-state index is 14.8. The van der Waals surface area contributed by atoms with Gasteiger partial charge < -0.3 is 24.4 Å². The standard InChI is InChI=1S/C36H38Cl3N3O7S/c1-23(2)40-36(44)31(18-24-10-7-6-8-11-24)41(21-27-28(38)12-9-13-29(27)39)35(43)22-42(30-19-25(37)14-16-32(30)47-3)50(45,46)26-15-17-33(48-4)34(20-26)49-5/h6-17,19-20,23,31H,18,21-22H2,1-5H3,(H,40,44)/t31-/m0/s1. The molecule has 4 aromatic rings. The third-order valence-corrected chi connectivity index (χ3v) is 10.4. The van der Waals surface area contributed by atoms with Crippen molar-refractivity contribution in [1.82, 2.24) is 10.2 Å². The van der Waals surface area contributed by atoms with Crippen LogP contribution in [0.25, 0.3) is 0 Å². The summed E-state index contributed by atoms with van der Waals surface area (Å²) >= 11 is 19.6. The molecule has 0 aliphatic rings. The molecule has 50 heavy (non-hydrogen) atoms. The molecule has 10 nitrogen and oxygen atoms in total. The van der Waals surface area contributed by atoms with Crippen molar-refractivity contribution >= 4 is 62.3 Å². The topological polar surface area (TPSA) is 114 Å². The third kappa shape index (κ3) is 9.14. The Morgan fingerprint density at radius 2 is 1.40 bits per heavy atom. The van der Waals surface area contributed by atoms with Crippen molar-refractivity contribution in [2.75, 3.05) is 32.2 Å². The molecule has 1 atom stereocenters. The minimum atomic E-state index is -4.54. The summed E-state index contributed by atoms with van der Waals surface area (Å²) in [5.41, 5.74) is 1.14. The molecule has 14 heteroatoms. The van der Waals surface area contributed by atoms with Crippen LogP contribution in [0.4, 0.5) is 5.69 Å². The smallest absolute Gasteiger partial charge is 0.265 e. The number of hydrogen-bond donors (Lipinski definition) is 1. The molecule has 0 aliphatic carbocycles. The molecule has 0 unspecified atom stereocenters. The molecule has 4 rings (SSSR count). The van der Waals surface area contributed by atoms with E-state index in [-0.39, 0.29) is 56.2 Å². The molecule has 4 aromatic carbocycles. The molecule has 0 saturated carbocycles. The number of nitrogens with one attached hydrogen (secondary N) is 1. The first-order valence-corrected chi connectivity index (χ1v) is 18.0. The summed E-state index contributed by atoms with van der Waals surface area (Å²) in [6, 6.07) is 21.2. The average Bonchev–Trinajstić information content (AvgIpc) is 3.09. The molecule has 0 radical (unpaired) electrons. The minimum Gasteiger partial charge on any atom is -0.495 e. The predicted octanol–water partition coefficient (Wildman–Crippen LogP) is 7.03. The minimum absolute atomic E-state index is 0.00916. The Balaban J connectivity index is 1.92. The number of halogens is 3. The van der Waals surface area contributed by atoms with E-state index in [1.54, 1.807) is 32.0 Å². The number of hydrogen-bond acceptors (Lipinski definition) is 7. The third-order valence-electron chi connectivity index (χ3n) is 7.72. The number of carbonyl (C=O) groups is 2. The summed E-state index contributed by atoms with van der Waals surface area (Å²) in [7, 11) is -0.372. The molecular weight excluding hydrogens is 725 g/mol. The van der Waals surface area contributed by atoms with Crippen LogP contribution in [0.15, 0.2) is 89.8 Å². The van der Waals surface area contributed by atoms with E-state index in [1.165, 1.54) is 62.6 Å². The van der Waals surface area contributed by atoms with E-state index in [1.807, 2.05) is 30.3 Å². The number of carbonyl (C=O) groups excluding carboxylic acids is 2. The van der Waals surface area contributed by atoms with Gasteiger partial charge in [0.15, 0.2) is 11.5 Å². The highest BCUT2D eigenvalue weighted by Gasteiger charge is 2.36. The van der Waals surface area contributed by atoms with Gasteiger partial charge >= 0.3 is 0 Å². The summed E-state index contributed by atoms with van der Waals surface area (Å²) in [5.74, 6) is -0.592. The van der Waals surface area contributed by atoms with Gasteiger partial charge in [-0.2, -0.15) is 0 Å². The summed E-state index contributed by atoms with van der Waals surface area (Å²) in [5, 5.41) is 3.64. The van der Waals surface area contributed by atoms with Crippen LogP contribution in [0.1, 0.15) is 25.0 Å². The van der Waals surface area contributed by atoms with Gasteiger partial charge in [-0.15, -0.1) is 0 Å². The summed E-state index contributed by atoms with van der Waals surface area (Å²) in [6.45, 7) is 2.63. The zero-order chi connectivity index (χ0) is 36.6. The van der Waals surface area contributed by atoms with Crippen LogP contribution in [0.3, 0.4) is 0 Å². The largest absolute Gasteiger partial charge is 0.495 e. The van der Waals surface area contributed by atoms with Gasteiger partial charge in [0.05, 0.1) is 31.9 Å². The molecule has 0 fully saturated rings. The number of rotatable bonds is 15. The number of ether oxygens (including phenoxy) is 3. The average molecular weight is 763 g/mol. The SMILES string of the molecule is COc1ccc(S(=O)(=O)N(CC(=O)N(Cc2c(Cl)cccc2Cl)[C@@H](Cc2ccccc2)C(=O)NC(C)C)c2cc(Cl)ccc2OC)cc1OC. The van der Waals surface area contributed by atoms with E-state index in [2.05, 4.69) is 5.32 Å². The highest BCUT2D eigenvalue weighted by atomic mass is 35.5. The second-order valence-corrected chi connectivity index (χ2v) is 14.5. The van der Waals surface area contributed by atoms with Gasteiger partial charge in [0.25, 0.3) is 10.0 Å². The van der Waals surface area contributed by atoms with Crippen LogP contribution in [0.2, 0.25) is 15.1 Å². The van der Waals surface area contributed by atoms with Crippen LogP contribution >= 0.6 is 34.8 Å². The summed E-state index contributed by atoms with van der Waals surface area (Å²) in [4.78, 5) is 29.8. The second-order valence-electron chi connectivity index (χ2n) is 11.4. The Morgan fingerprint density at radius 1 is 0.780 bits per heavy atom. The summed E-state index contributed by atoms with van der Waals surface area (Å²) < 4.78 is 46.3. The van der Waals surface area contributed by atoms with Crippen LogP contribution in [0.5, 0.6) is 17.2 Å². The molecule has 0 heterocycles. The van der Waals surface area contributed by atoms with Crippen molar-refractivity contribution in [3.8, 4) is 17.2 Å². The Bertz CT molecular complexity index is 1910. The van der Waals surface area contributed by atoms with Gasteiger partial charge in [-0.05, 0) is 61.9 Å². The van der Waals surface area contributed by atoms with Crippen molar-refractivity contribution < 1.29 is 32.2 Å². The highest BCUT2D eigenvalue weighted by molar-refractivity contribution is 7.92. The van der Waals surface area contributed by atoms with Gasteiger partial charge in [-0.3, -0.25) is 13.9 Å². The fourth-order valence-electron chi connectivity index (χ4n) is 5.26. The van der Waals surface area contributed by atoms with Crippen molar-refractivity contribution in [3.63, 3.8) is 0 Å². The van der Waals surface area contributed by atoms with E-state index in [4.69, 9.17) is 49.0 Å². The van der Waals surface area contributed by atoms with Gasteiger partial charge in [0.2, 0.25) is 11.8 Å². The lowest BCUT2D eigenvalue weighted by atomic mass is 10.0. The molecular formula is C36H38Cl3N3O7S. The lowest BCUT2D eigenvalue weighted by molar-refractivity contribution is -0.140. The van der Waals surface area contributed by atoms with Crippen molar-refractivity contribution in [2.45, 2.75) is 43.8 Å². The van der Waals surface area contributed by atoms with E-state index in [9.17, 15) is 18.0 Å². The van der Waals surface area contributed by atoms with Gasteiger partial charge in [-0.25, -0.2) is 8.42 Å². The molecule has 266 valence electrons. The Hall–Kier alpha value is -4.16. The molecule has 1 N–H and O–H groups in total. The van der Waals surface area contributed by atoms with E-state index in [0.29, 0.717) is 11.3 Å². The molecule has 0 aliphatic heterocycles. The molecule has 0 saturated heterocycles. The van der Waals surface area contributed by atoms with Crippen LogP contribution in [-0.4, -0.2) is 65.1 Å². The lowest BCUT2D eigenvalue weighted by Crippen LogP contribution is -2.54. The zero-order valence-corrected chi connectivity index (χ0v) is 31.2. The van der Waals surface area contributed by atoms with E-state index in [0.717, 1.165) is 9.87 Å². The van der Waals surface area contributed by atoms with Crippen LogP contribution in [-0.2, 0) is 32.6 Å². The Labute approximate surface area is 307 Å². The highest BCUT2D eigenvalue weighted by Crippen LogP contribution is 2.37. The fraction of sp³-hybridized carbons (Fsp3) is 0.278. The number of benzene rings is 4. The summed E-state index contributed by atoms with van der Waals surface area (Å²) in [6.07, 6.45) is 0.107. The molecule has 0 spiro atoms. The second kappa shape index (κ2) is 17.2. The first-order valence-electron chi connectivity index (χ1n) is 15.5. The van der Waals surface area contributed by atoms with Gasteiger partial charge in [-0.1, -0.05) is 71.2 Å². The number of anilines is 1. The lowest BCUT2D eigenvalue weighted by Gasteiger charge is -2.34. The van der Waals surface area contributed by atoms with E-state index >= 15 is 0 Å². The maximum atomic E-state index is 14.8. The normalized spacial score (nSPS) is 11.9. The maximum Gasteiger partial charge on any atom is 0.265 e. The molecule has 2 amide bonds. The number of methoxy groups -OCH3 is 3.